The number of hydrogen-bond donors (Lipinski definition) is 2. The van der Waals surface area contributed by atoms with Crippen LogP contribution in [0.25, 0.3) is 0 Å². The average molecular weight is 352 g/mol. The summed E-state index contributed by atoms with van der Waals surface area (Å²) in [7, 11) is 0. The Morgan fingerprint density at radius 1 is 1.12 bits per heavy atom. The number of nitrogens with one attached hydrogen (secondary N) is 1. The molecule has 3 N–H and O–H groups in total. The Kier molecular flexibility index (Phi) is 3.77. The predicted octanol–water partition coefficient (Wildman–Crippen LogP) is 1.25. The fourth-order valence-electron chi connectivity index (χ4n) is 4.04. The van der Waals surface area contributed by atoms with E-state index in [2.05, 4.69) is 20.9 Å². The van der Waals surface area contributed by atoms with Gasteiger partial charge in [-0.3, -0.25) is 4.79 Å². The molecule has 2 aromatic rings. The van der Waals surface area contributed by atoms with Crippen molar-refractivity contribution in [3.05, 3.63) is 45.5 Å². The van der Waals surface area contributed by atoms with Crippen LogP contribution >= 0.6 is 0 Å². The fraction of sp³-hybridized carbons (Fsp3) is 0.579. The largest absolute Gasteiger partial charge is 0.356 e. The van der Waals surface area contributed by atoms with Gasteiger partial charge in [0.2, 0.25) is 0 Å². The van der Waals surface area contributed by atoms with Crippen LogP contribution in [0.5, 0.6) is 0 Å². The zero-order valence-electron chi connectivity index (χ0n) is 14.8. The van der Waals surface area contributed by atoms with Crippen molar-refractivity contribution < 1.29 is 0 Å². The van der Waals surface area contributed by atoms with Gasteiger partial charge in [0.1, 0.15) is 11.6 Å². The standard InChI is InChI=1S/C19H24N6O/c20-13-7-12(8-13)16-9-17(24-18(23-16)11-1-2-11)25-5-3-14-15(4-6-25)21-10-22-19(14)26/h9-13H,1-8,20H2,(H,21,22,26). The normalized spacial score (nSPS) is 25.3. The third-order valence-corrected chi connectivity index (χ3v) is 5.90. The van der Waals surface area contributed by atoms with Gasteiger partial charge in [0.25, 0.3) is 5.56 Å². The predicted molar refractivity (Wildman–Crippen MR) is 98.4 cm³/mol. The average Bonchev–Trinajstić information content (AvgIpc) is 3.45. The lowest BCUT2D eigenvalue weighted by molar-refractivity contribution is 0.344. The highest BCUT2D eigenvalue weighted by Crippen LogP contribution is 2.41. The number of anilines is 1. The molecule has 5 rings (SSSR count). The molecule has 2 aromatic heterocycles. The van der Waals surface area contributed by atoms with Crippen LogP contribution in [0.4, 0.5) is 5.82 Å². The van der Waals surface area contributed by atoms with E-state index in [-0.39, 0.29) is 5.56 Å². The zero-order chi connectivity index (χ0) is 17.7. The Morgan fingerprint density at radius 3 is 2.69 bits per heavy atom. The number of nitrogens with zero attached hydrogens (tertiary/aromatic N) is 4. The van der Waals surface area contributed by atoms with Crippen LogP contribution in [0.15, 0.2) is 17.2 Å². The van der Waals surface area contributed by atoms with Gasteiger partial charge in [-0.1, -0.05) is 0 Å². The van der Waals surface area contributed by atoms with E-state index in [1.165, 1.54) is 19.2 Å². The smallest absolute Gasteiger partial charge is 0.254 e. The zero-order valence-corrected chi connectivity index (χ0v) is 14.8. The first-order chi connectivity index (χ1) is 12.7. The van der Waals surface area contributed by atoms with E-state index in [9.17, 15) is 4.79 Å². The lowest BCUT2D eigenvalue weighted by Gasteiger charge is -2.33. The second-order valence-electron chi connectivity index (χ2n) is 7.86. The summed E-state index contributed by atoms with van der Waals surface area (Å²) in [5, 5.41) is 0. The molecule has 0 radical (unpaired) electrons. The first-order valence-electron chi connectivity index (χ1n) is 9.62. The fourth-order valence-corrected chi connectivity index (χ4v) is 4.04. The molecule has 2 aliphatic carbocycles. The number of H-pyrrole nitrogens is 1. The van der Waals surface area contributed by atoms with Gasteiger partial charge in [-0.25, -0.2) is 15.0 Å². The number of fused-ring (bicyclic) bond motifs is 1. The van der Waals surface area contributed by atoms with Crippen molar-refractivity contribution in [1.82, 2.24) is 19.9 Å². The highest BCUT2D eigenvalue weighted by molar-refractivity contribution is 5.43. The highest BCUT2D eigenvalue weighted by Gasteiger charge is 2.33. The van der Waals surface area contributed by atoms with Crippen molar-refractivity contribution in [1.29, 1.82) is 0 Å². The maximum Gasteiger partial charge on any atom is 0.254 e. The summed E-state index contributed by atoms with van der Waals surface area (Å²) in [4.78, 5) is 31.2. The molecule has 0 spiro atoms. The quantitative estimate of drug-likeness (QED) is 0.862. The molecule has 3 aliphatic rings. The van der Waals surface area contributed by atoms with Crippen LogP contribution in [-0.4, -0.2) is 39.1 Å². The van der Waals surface area contributed by atoms with Gasteiger partial charge in [0.15, 0.2) is 0 Å². The van der Waals surface area contributed by atoms with E-state index in [0.29, 0.717) is 24.3 Å². The van der Waals surface area contributed by atoms with Gasteiger partial charge < -0.3 is 15.6 Å². The SMILES string of the molecule is NC1CC(c2cc(N3CCc4nc[nH]c(=O)c4CC3)nc(C3CC3)n2)C1. The highest BCUT2D eigenvalue weighted by atomic mass is 16.1. The molecule has 0 atom stereocenters. The number of hydrogen-bond acceptors (Lipinski definition) is 6. The van der Waals surface area contributed by atoms with Crippen LogP contribution in [0.1, 0.15) is 60.3 Å². The minimum Gasteiger partial charge on any atom is -0.356 e. The van der Waals surface area contributed by atoms with E-state index >= 15 is 0 Å². The molecule has 1 aliphatic heterocycles. The summed E-state index contributed by atoms with van der Waals surface area (Å²) in [6, 6.07) is 2.46. The van der Waals surface area contributed by atoms with Crippen LogP contribution < -0.4 is 16.2 Å². The number of nitrogens with two attached hydrogens (primary N) is 1. The molecule has 2 fully saturated rings. The van der Waals surface area contributed by atoms with Crippen molar-refractivity contribution in [3.63, 3.8) is 0 Å². The minimum atomic E-state index is -0.0117. The molecule has 7 nitrogen and oxygen atoms in total. The van der Waals surface area contributed by atoms with E-state index in [0.717, 1.165) is 60.9 Å². The summed E-state index contributed by atoms with van der Waals surface area (Å²) >= 11 is 0. The van der Waals surface area contributed by atoms with Crippen LogP contribution in [0.3, 0.4) is 0 Å². The Bertz CT molecular complexity index is 884. The van der Waals surface area contributed by atoms with E-state index in [1.807, 2.05) is 0 Å². The topological polar surface area (TPSA) is 101 Å². The van der Waals surface area contributed by atoms with Crippen LogP contribution in [0, 0.1) is 0 Å². The molecule has 2 saturated carbocycles. The molecule has 136 valence electrons. The van der Waals surface area contributed by atoms with Gasteiger partial charge in [0, 0.05) is 54.7 Å². The lowest BCUT2D eigenvalue weighted by Crippen LogP contribution is -2.35. The van der Waals surface area contributed by atoms with Crippen LogP contribution in [0.2, 0.25) is 0 Å². The van der Waals surface area contributed by atoms with Crippen LogP contribution in [-0.2, 0) is 12.8 Å². The Balaban J connectivity index is 1.44. The first-order valence-corrected chi connectivity index (χ1v) is 9.62. The van der Waals surface area contributed by atoms with Crippen molar-refractivity contribution >= 4 is 5.82 Å². The molecule has 26 heavy (non-hydrogen) atoms. The van der Waals surface area contributed by atoms with Gasteiger partial charge in [-0.15, -0.1) is 0 Å². The van der Waals surface area contributed by atoms with Crippen molar-refractivity contribution in [2.45, 2.75) is 56.4 Å². The maximum atomic E-state index is 12.1. The molecule has 3 heterocycles. The summed E-state index contributed by atoms with van der Waals surface area (Å²) in [5.74, 6) is 2.99. The summed E-state index contributed by atoms with van der Waals surface area (Å²) in [6.45, 7) is 1.61. The Morgan fingerprint density at radius 2 is 1.92 bits per heavy atom. The molecular formula is C19H24N6O. The molecule has 7 heteroatoms. The third kappa shape index (κ3) is 2.90. The summed E-state index contributed by atoms with van der Waals surface area (Å²) in [6.07, 6.45) is 7.40. The Labute approximate surface area is 152 Å². The number of aromatic nitrogens is 4. The molecule has 0 amide bonds. The van der Waals surface area contributed by atoms with Gasteiger partial charge in [0.05, 0.1) is 12.0 Å². The minimum absolute atomic E-state index is 0.0117. The second-order valence-corrected chi connectivity index (χ2v) is 7.86. The van der Waals surface area contributed by atoms with E-state index in [4.69, 9.17) is 15.7 Å². The first kappa shape index (κ1) is 15.9. The molecular weight excluding hydrogens is 328 g/mol. The monoisotopic (exact) mass is 352 g/mol. The van der Waals surface area contributed by atoms with E-state index in [1.54, 1.807) is 0 Å². The maximum absolute atomic E-state index is 12.1. The van der Waals surface area contributed by atoms with E-state index < -0.39 is 0 Å². The summed E-state index contributed by atoms with van der Waals surface area (Å²) in [5.41, 5.74) is 8.86. The van der Waals surface area contributed by atoms with Gasteiger partial charge in [-0.05, 0) is 32.1 Å². The summed E-state index contributed by atoms with van der Waals surface area (Å²) < 4.78 is 0. The Hall–Kier alpha value is -2.28. The van der Waals surface area contributed by atoms with Crippen molar-refractivity contribution in [2.75, 3.05) is 18.0 Å². The van der Waals surface area contributed by atoms with Gasteiger partial charge in [-0.2, -0.15) is 0 Å². The van der Waals surface area contributed by atoms with Crippen molar-refractivity contribution in [3.8, 4) is 0 Å². The van der Waals surface area contributed by atoms with Crippen molar-refractivity contribution in [2.24, 2.45) is 5.73 Å². The molecule has 0 aromatic carbocycles. The third-order valence-electron chi connectivity index (χ3n) is 5.90. The number of aromatic amines is 1. The molecule has 0 bridgehead atoms. The lowest BCUT2D eigenvalue weighted by atomic mass is 9.78. The molecule has 0 saturated heterocycles. The second kappa shape index (κ2) is 6.16. The molecule has 0 unspecified atom stereocenters. The van der Waals surface area contributed by atoms with Gasteiger partial charge >= 0.3 is 0 Å². The number of rotatable bonds is 3.